The Kier molecular flexibility index (Phi) is 9.43. The summed E-state index contributed by atoms with van der Waals surface area (Å²) >= 11 is 0. The molecular weight excluding hydrogens is 383 g/mol. The van der Waals surface area contributed by atoms with E-state index >= 15 is 0 Å². The Hall–Kier alpha value is -1.83. The highest BCUT2D eigenvalue weighted by Gasteiger charge is 2.21. The van der Waals surface area contributed by atoms with E-state index in [4.69, 9.17) is 4.74 Å². The van der Waals surface area contributed by atoms with Gasteiger partial charge in [0, 0.05) is 0 Å². The second-order valence-electron chi connectivity index (χ2n) is 9.55. The minimum Gasteiger partial charge on any atom is -0.488 e. The molecule has 0 aromatic heterocycles. The van der Waals surface area contributed by atoms with Gasteiger partial charge in [0.2, 0.25) is 0 Å². The summed E-state index contributed by atoms with van der Waals surface area (Å²) in [5.74, 6) is 1.72. The average molecular weight is 425 g/mol. The van der Waals surface area contributed by atoms with Gasteiger partial charge in [-0.15, -0.1) is 0 Å². The van der Waals surface area contributed by atoms with E-state index in [0.29, 0.717) is 11.7 Å². The highest BCUT2D eigenvalue weighted by Crippen LogP contribution is 2.38. The summed E-state index contributed by atoms with van der Waals surface area (Å²) in [7, 11) is 0. The van der Waals surface area contributed by atoms with Gasteiger partial charge in [0.25, 0.3) is 0 Å². The molecular formula is C29H41FO. The second-order valence-corrected chi connectivity index (χ2v) is 9.55. The standard InChI is InChI=1S/C29H41FO/c1-4-6-7-8-10-22(3)31-29-20-19-27(21-28(29)30)26-17-15-25(16-18-26)24-13-11-23(9-5-2)12-14-24/h15-24H,4-14H2,1-3H3/t22-,23?,24?/m0/s1. The van der Waals surface area contributed by atoms with Crippen molar-refractivity contribution in [3.05, 3.63) is 53.8 Å². The maximum atomic E-state index is 14.7. The molecule has 1 nitrogen and oxygen atoms in total. The van der Waals surface area contributed by atoms with Gasteiger partial charge in [-0.25, -0.2) is 4.39 Å². The van der Waals surface area contributed by atoms with Gasteiger partial charge in [-0.2, -0.15) is 0 Å². The maximum Gasteiger partial charge on any atom is 0.165 e. The van der Waals surface area contributed by atoms with Gasteiger partial charge in [0.05, 0.1) is 6.10 Å². The third kappa shape index (κ3) is 7.09. The topological polar surface area (TPSA) is 9.23 Å². The van der Waals surface area contributed by atoms with Crippen molar-refractivity contribution < 1.29 is 9.13 Å². The minimum absolute atomic E-state index is 0.0453. The molecule has 0 spiro atoms. The summed E-state index contributed by atoms with van der Waals surface area (Å²) in [6.45, 7) is 6.54. The van der Waals surface area contributed by atoms with Crippen LogP contribution in [0.1, 0.15) is 103 Å². The van der Waals surface area contributed by atoms with E-state index in [1.165, 1.54) is 63.4 Å². The summed E-state index contributed by atoms with van der Waals surface area (Å²) < 4.78 is 20.5. The molecule has 1 saturated carbocycles. The Bertz CT molecular complexity index is 774. The number of unbranched alkanes of at least 4 members (excludes halogenated alkanes) is 3. The summed E-state index contributed by atoms with van der Waals surface area (Å²) in [5.41, 5.74) is 3.43. The molecule has 0 aliphatic heterocycles. The SMILES string of the molecule is CCCCCC[C@H](C)Oc1ccc(-c2ccc(C3CCC(CCC)CC3)cc2)cc1F. The molecule has 0 unspecified atom stereocenters. The van der Waals surface area contributed by atoms with Gasteiger partial charge in [0.15, 0.2) is 11.6 Å². The molecule has 3 rings (SSSR count). The van der Waals surface area contributed by atoms with Crippen molar-refractivity contribution in [1.29, 1.82) is 0 Å². The highest BCUT2D eigenvalue weighted by molar-refractivity contribution is 5.64. The summed E-state index contributed by atoms with van der Waals surface area (Å²) in [5, 5.41) is 0. The van der Waals surface area contributed by atoms with Crippen LogP contribution in [0.5, 0.6) is 5.75 Å². The maximum absolute atomic E-state index is 14.7. The molecule has 1 atom stereocenters. The third-order valence-electron chi connectivity index (χ3n) is 6.98. The van der Waals surface area contributed by atoms with Gasteiger partial charge >= 0.3 is 0 Å². The third-order valence-corrected chi connectivity index (χ3v) is 6.98. The van der Waals surface area contributed by atoms with E-state index < -0.39 is 0 Å². The van der Waals surface area contributed by atoms with Crippen LogP contribution in [0.15, 0.2) is 42.5 Å². The molecule has 0 amide bonds. The van der Waals surface area contributed by atoms with Gasteiger partial charge < -0.3 is 4.74 Å². The average Bonchev–Trinajstić information content (AvgIpc) is 2.79. The molecule has 31 heavy (non-hydrogen) atoms. The quantitative estimate of drug-likeness (QED) is 0.326. The first-order valence-corrected chi connectivity index (χ1v) is 12.7. The van der Waals surface area contributed by atoms with Crippen molar-refractivity contribution in [1.82, 2.24) is 0 Å². The molecule has 0 heterocycles. The lowest BCUT2D eigenvalue weighted by atomic mass is 9.77. The summed E-state index contributed by atoms with van der Waals surface area (Å²) in [6, 6.07) is 14.2. The number of hydrogen-bond acceptors (Lipinski definition) is 1. The molecule has 2 aromatic rings. The zero-order valence-electron chi connectivity index (χ0n) is 19.8. The predicted octanol–water partition coefficient (Wildman–Crippen LogP) is 9.30. The Balaban J connectivity index is 1.56. The highest BCUT2D eigenvalue weighted by atomic mass is 19.1. The summed E-state index contributed by atoms with van der Waals surface area (Å²) in [6.07, 6.45) is 13.9. The van der Waals surface area contributed by atoms with Crippen molar-refractivity contribution in [3.63, 3.8) is 0 Å². The van der Waals surface area contributed by atoms with E-state index in [-0.39, 0.29) is 11.9 Å². The zero-order valence-corrected chi connectivity index (χ0v) is 19.8. The van der Waals surface area contributed by atoms with E-state index in [9.17, 15) is 4.39 Å². The predicted molar refractivity (Wildman–Crippen MR) is 130 cm³/mol. The molecule has 0 radical (unpaired) electrons. The van der Waals surface area contributed by atoms with Gasteiger partial charge in [-0.1, -0.05) is 76.3 Å². The van der Waals surface area contributed by atoms with Crippen LogP contribution in [0.2, 0.25) is 0 Å². The normalized spacial score (nSPS) is 19.9. The van der Waals surface area contributed by atoms with E-state index in [1.54, 1.807) is 12.1 Å². The number of hydrogen-bond donors (Lipinski definition) is 0. The van der Waals surface area contributed by atoms with E-state index in [0.717, 1.165) is 29.9 Å². The molecule has 1 aliphatic carbocycles. The first-order chi connectivity index (χ1) is 15.1. The largest absolute Gasteiger partial charge is 0.488 e. The molecule has 0 saturated heterocycles. The van der Waals surface area contributed by atoms with Crippen molar-refractivity contribution in [3.8, 4) is 16.9 Å². The first kappa shape index (κ1) is 23.8. The molecule has 2 aromatic carbocycles. The van der Waals surface area contributed by atoms with Crippen LogP contribution in [-0.4, -0.2) is 6.10 Å². The van der Waals surface area contributed by atoms with Crippen LogP contribution in [0.4, 0.5) is 4.39 Å². The molecule has 1 fully saturated rings. The molecule has 0 N–H and O–H groups in total. The fourth-order valence-corrected chi connectivity index (χ4v) is 5.05. The van der Waals surface area contributed by atoms with Crippen molar-refractivity contribution in [2.75, 3.05) is 0 Å². The van der Waals surface area contributed by atoms with Crippen LogP contribution in [-0.2, 0) is 0 Å². The first-order valence-electron chi connectivity index (χ1n) is 12.7. The Morgan fingerprint density at radius 1 is 0.871 bits per heavy atom. The Morgan fingerprint density at radius 3 is 2.23 bits per heavy atom. The number of ether oxygens (including phenoxy) is 1. The molecule has 0 bridgehead atoms. The second kappa shape index (κ2) is 12.3. The van der Waals surface area contributed by atoms with Crippen molar-refractivity contribution in [2.45, 2.75) is 103 Å². The molecule has 170 valence electrons. The Morgan fingerprint density at radius 2 is 1.58 bits per heavy atom. The fourth-order valence-electron chi connectivity index (χ4n) is 5.05. The van der Waals surface area contributed by atoms with Crippen LogP contribution in [0, 0.1) is 11.7 Å². The van der Waals surface area contributed by atoms with E-state index in [1.807, 2.05) is 13.0 Å². The van der Waals surface area contributed by atoms with Crippen LogP contribution < -0.4 is 4.74 Å². The van der Waals surface area contributed by atoms with E-state index in [2.05, 4.69) is 38.1 Å². The van der Waals surface area contributed by atoms with Crippen LogP contribution >= 0.6 is 0 Å². The lowest BCUT2D eigenvalue weighted by Crippen LogP contribution is -2.13. The molecule has 2 heteroatoms. The smallest absolute Gasteiger partial charge is 0.165 e. The van der Waals surface area contributed by atoms with Gasteiger partial charge in [-0.3, -0.25) is 0 Å². The zero-order chi connectivity index (χ0) is 22.1. The summed E-state index contributed by atoms with van der Waals surface area (Å²) in [4.78, 5) is 0. The van der Waals surface area contributed by atoms with Crippen LogP contribution in [0.3, 0.4) is 0 Å². The lowest BCUT2D eigenvalue weighted by Gasteiger charge is -2.28. The van der Waals surface area contributed by atoms with Gasteiger partial charge in [0.1, 0.15) is 0 Å². The minimum atomic E-state index is -0.267. The fraction of sp³-hybridized carbons (Fsp3) is 0.586. The van der Waals surface area contributed by atoms with Crippen molar-refractivity contribution >= 4 is 0 Å². The Labute approximate surface area is 189 Å². The van der Waals surface area contributed by atoms with Crippen molar-refractivity contribution in [2.24, 2.45) is 5.92 Å². The number of rotatable bonds is 11. The van der Waals surface area contributed by atoms with Crippen LogP contribution in [0.25, 0.3) is 11.1 Å². The van der Waals surface area contributed by atoms with Gasteiger partial charge in [-0.05, 0) is 86.1 Å². The monoisotopic (exact) mass is 424 g/mol. The molecule has 1 aliphatic rings. The lowest BCUT2D eigenvalue weighted by molar-refractivity contribution is 0.197. The number of benzene rings is 2. The number of halogens is 1.